The Balaban J connectivity index is 2.77. The summed E-state index contributed by atoms with van der Waals surface area (Å²) in [5, 5.41) is 2.09. The number of hydrogen-bond acceptors (Lipinski definition) is 2. The van der Waals surface area contributed by atoms with Gasteiger partial charge in [-0.15, -0.1) is 0 Å². The minimum absolute atomic E-state index is 0.633. The van der Waals surface area contributed by atoms with Gasteiger partial charge in [-0.05, 0) is 23.0 Å². The Morgan fingerprint density at radius 1 is 1.62 bits per heavy atom. The third kappa shape index (κ3) is 1.07. The molecule has 44 valence electrons. The fourth-order valence-electron chi connectivity index (χ4n) is 0.498. The van der Waals surface area contributed by atoms with Crippen molar-refractivity contribution >= 4 is 11.5 Å². The van der Waals surface area contributed by atoms with Gasteiger partial charge in [-0.25, -0.2) is 4.37 Å². The Labute approximate surface area is 53.5 Å². The molecule has 0 spiro atoms. The largest absolute Gasteiger partial charge is 0.201 e. The van der Waals surface area contributed by atoms with Crippen molar-refractivity contribution in [2.75, 3.05) is 0 Å². The van der Waals surface area contributed by atoms with Gasteiger partial charge in [0, 0.05) is 11.6 Å². The van der Waals surface area contributed by atoms with Crippen LogP contribution in [0, 0.1) is 0 Å². The average Bonchev–Trinajstić information content (AvgIpc) is 2.12. The average molecular weight is 127 g/mol. The van der Waals surface area contributed by atoms with E-state index in [-0.39, 0.29) is 0 Å². The summed E-state index contributed by atoms with van der Waals surface area (Å²) in [7, 11) is 0. The molecule has 0 aliphatic carbocycles. The van der Waals surface area contributed by atoms with E-state index in [2.05, 4.69) is 23.6 Å². The van der Waals surface area contributed by atoms with Crippen molar-refractivity contribution in [3.8, 4) is 0 Å². The molecule has 1 rings (SSSR count). The fraction of sp³-hybridized carbons (Fsp3) is 0.500. The maximum Gasteiger partial charge on any atom is 0.0441 e. The molecule has 1 nitrogen and oxygen atoms in total. The Bertz CT molecular complexity index is 144. The first-order valence-corrected chi connectivity index (χ1v) is 3.53. The number of nitrogens with zero attached hydrogens (tertiary/aromatic N) is 1. The standard InChI is InChI=1S/C6H9NS/c1-5(2)6-3-7-8-4-6/h3-5H,1-2H3. The zero-order valence-corrected chi connectivity index (χ0v) is 5.90. The highest BCUT2D eigenvalue weighted by molar-refractivity contribution is 7.03. The maximum absolute atomic E-state index is 3.99. The van der Waals surface area contributed by atoms with Crippen LogP contribution in [0.3, 0.4) is 0 Å². The van der Waals surface area contributed by atoms with Gasteiger partial charge in [-0.1, -0.05) is 13.8 Å². The second-order valence-electron chi connectivity index (χ2n) is 2.11. The Kier molecular flexibility index (Phi) is 1.63. The Morgan fingerprint density at radius 2 is 2.38 bits per heavy atom. The Morgan fingerprint density at radius 3 is 2.62 bits per heavy atom. The van der Waals surface area contributed by atoms with Gasteiger partial charge in [-0.2, -0.15) is 0 Å². The molecule has 0 saturated carbocycles. The van der Waals surface area contributed by atoms with Gasteiger partial charge in [0.25, 0.3) is 0 Å². The van der Waals surface area contributed by atoms with Gasteiger partial charge in [-0.3, -0.25) is 0 Å². The van der Waals surface area contributed by atoms with E-state index in [0.29, 0.717) is 5.92 Å². The normalized spacial score (nSPS) is 10.4. The van der Waals surface area contributed by atoms with Crippen molar-refractivity contribution in [1.29, 1.82) is 0 Å². The van der Waals surface area contributed by atoms with E-state index < -0.39 is 0 Å². The van der Waals surface area contributed by atoms with Crippen molar-refractivity contribution < 1.29 is 0 Å². The summed E-state index contributed by atoms with van der Waals surface area (Å²) in [6.45, 7) is 4.34. The van der Waals surface area contributed by atoms with E-state index in [1.165, 1.54) is 17.1 Å². The van der Waals surface area contributed by atoms with E-state index in [4.69, 9.17) is 0 Å². The molecule has 8 heavy (non-hydrogen) atoms. The van der Waals surface area contributed by atoms with Gasteiger partial charge >= 0.3 is 0 Å². The molecule has 1 heterocycles. The van der Waals surface area contributed by atoms with E-state index >= 15 is 0 Å². The van der Waals surface area contributed by atoms with Crippen LogP contribution in [0.1, 0.15) is 25.3 Å². The highest BCUT2D eigenvalue weighted by Gasteiger charge is 1.96. The first-order chi connectivity index (χ1) is 3.80. The lowest BCUT2D eigenvalue weighted by Crippen LogP contribution is -1.79. The van der Waals surface area contributed by atoms with Gasteiger partial charge in [0.15, 0.2) is 0 Å². The third-order valence-electron chi connectivity index (χ3n) is 1.12. The third-order valence-corrected chi connectivity index (χ3v) is 1.72. The zero-order valence-electron chi connectivity index (χ0n) is 5.09. The summed E-state index contributed by atoms with van der Waals surface area (Å²) in [6.07, 6.45) is 1.93. The van der Waals surface area contributed by atoms with Crippen LogP contribution in [0.5, 0.6) is 0 Å². The van der Waals surface area contributed by atoms with Crippen molar-refractivity contribution in [2.45, 2.75) is 19.8 Å². The van der Waals surface area contributed by atoms with Gasteiger partial charge in [0.1, 0.15) is 0 Å². The molecule has 0 radical (unpaired) electrons. The topological polar surface area (TPSA) is 12.9 Å². The van der Waals surface area contributed by atoms with E-state index in [1.54, 1.807) is 0 Å². The molecule has 0 bridgehead atoms. The molecule has 1 aromatic heterocycles. The molecule has 0 unspecified atom stereocenters. The first kappa shape index (κ1) is 5.76. The second-order valence-corrected chi connectivity index (χ2v) is 2.77. The minimum Gasteiger partial charge on any atom is -0.201 e. The molecular formula is C6H9NS. The van der Waals surface area contributed by atoms with Crippen LogP contribution in [0.2, 0.25) is 0 Å². The zero-order chi connectivity index (χ0) is 5.98. The molecule has 1 aromatic rings. The van der Waals surface area contributed by atoms with Gasteiger partial charge < -0.3 is 0 Å². The highest BCUT2D eigenvalue weighted by atomic mass is 32.1. The maximum atomic E-state index is 3.99. The lowest BCUT2D eigenvalue weighted by molar-refractivity contribution is 0.869. The summed E-state index contributed by atoms with van der Waals surface area (Å²) in [5.74, 6) is 0.633. The van der Waals surface area contributed by atoms with Crippen LogP contribution >= 0.6 is 11.5 Å². The predicted molar refractivity (Wildman–Crippen MR) is 36.2 cm³/mol. The van der Waals surface area contributed by atoms with Crippen LogP contribution < -0.4 is 0 Å². The molecular weight excluding hydrogens is 118 g/mol. The van der Waals surface area contributed by atoms with Crippen LogP contribution in [-0.2, 0) is 0 Å². The fourth-order valence-corrected chi connectivity index (χ4v) is 1.20. The number of aromatic nitrogens is 1. The van der Waals surface area contributed by atoms with Gasteiger partial charge in [0.05, 0.1) is 0 Å². The lowest BCUT2D eigenvalue weighted by atomic mass is 10.1. The molecule has 0 atom stereocenters. The van der Waals surface area contributed by atoms with E-state index in [1.807, 2.05) is 6.20 Å². The predicted octanol–water partition coefficient (Wildman–Crippen LogP) is 2.27. The van der Waals surface area contributed by atoms with E-state index in [0.717, 1.165) is 0 Å². The van der Waals surface area contributed by atoms with Crippen molar-refractivity contribution in [1.82, 2.24) is 4.37 Å². The molecule has 0 N–H and O–H groups in total. The summed E-state index contributed by atoms with van der Waals surface area (Å²) >= 11 is 1.52. The smallest absolute Gasteiger partial charge is 0.0441 e. The van der Waals surface area contributed by atoms with Crippen LogP contribution in [0.25, 0.3) is 0 Å². The van der Waals surface area contributed by atoms with Crippen LogP contribution in [-0.4, -0.2) is 4.37 Å². The van der Waals surface area contributed by atoms with Crippen molar-refractivity contribution in [3.63, 3.8) is 0 Å². The quantitative estimate of drug-likeness (QED) is 0.564. The molecule has 0 aromatic carbocycles. The first-order valence-electron chi connectivity index (χ1n) is 2.70. The highest BCUT2D eigenvalue weighted by Crippen LogP contribution is 2.13. The van der Waals surface area contributed by atoms with Crippen LogP contribution in [0.4, 0.5) is 0 Å². The molecule has 0 aliphatic rings. The summed E-state index contributed by atoms with van der Waals surface area (Å²) in [5.41, 5.74) is 1.34. The molecule has 0 fully saturated rings. The summed E-state index contributed by atoms with van der Waals surface area (Å²) < 4.78 is 3.99. The monoisotopic (exact) mass is 127 g/mol. The van der Waals surface area contributed by atoms with Crippen molar-refractivity contribution in [3.05, 3.63) is 17.1 Å². The summed E-state index contributed by atoms with van der Waals surface area (Å²) in [4.78, 5) is 0. The van der Waals surface area contributed by atoms with E-state index in [9.17, 15) is 0 Å². The number of hydrogen-bond donors (Lipinski definition) is 0. The van der Waals surface area contributed by atoms with Crippen LogP contribution in [0.15, 0.2) is 11.6 Å². The molecule has 2 heteroatoms. The number of rotatable bonds is 1. The van der Waals surface area contributed by atoms with Crippen molar-refractivity contribution in [2.24, 2.45) is 0 Å². The summed E-state index contributed by atoms with van der Waals surface area (Å²) in [6, 6.07) is 0. The van der Waals surface area contributed by atoms with Gasteiger partial charge in [0.2, 0.25) is 0 Å². The lowest BCUT2D eigenvalue weighted by Gasteiger charge is -1.94. The Hall–Kier alpha value is -0.370. The minimum atomic E-state index is 0.633. The second kappa shape index (κ2) is 2.27. The molecule has 0 saturated heterocycles. The SMILES string of the molecule is CC(C)c1cnsc1. The molecule has 0 aliphatic heterocycles. The molecule has 0 amide bonds.